The van der Waals surface area contributed by atoms with Gasteiger partial charge in [0.05, 0.1) is 0 Å². The van der Waals surface area contributed by atoms with Gasteiger partial charge in [-0.15, -0.1) is 0 Å². The average molecular weight is 220 g/mol. The van der Waals surface area contributed by atoms with Gasteiger partial charge in [-0.2, -0.15) is 8.78 Å². The Hall–Kier alpha value is -1.76. The molecule has 1 aromatic carbocycles. The van der Waals surface area contributed by atoms with Crippen molar-refractivity contribution in [1.29, 1.82) is 0 Å². The summed E-state index contributed by atoms with van der Waals surface area (Å²) in [5, 5.41) is 0. The Kier molecular flexibility index (Phi) is 3.51. The lowest BCUT2D eigenvalue weighted by Crippen LogP contribution is -2.30. The van der Waals surface area contributed by atoms with Crippen LogP contribution in [0.1, 0.15) is 10.4 Å². The predicted molar refractivity (Wildman–Crippen MR) is 44.7 cm³/mol. The van der Waals surface area contributed by atoms with Crippen LogP contribution < -0.4 is 16.0 Å². The molecule has 0 aliphatic heterocycles. The lowest BCUT2D eigenvalue weighted by Gasteiger charge is -2.06. The molecule has 1 rings (SSSR count). The Bertz CT molecular complexity index is 371. The number of amides is 1. The quantitative estimate of drug-likeness (QED) is 0.454. The molecule has 15 heavy (non-hydrogen) atoms. The zero-order valence-corrected chi connectivity index (χ0v) is 7.34. The zero-order valence-electron chi connectivity index (χ0n) is 7.34. The van der Waals surface area contributed by atoms with E-state index < -0.39 is 24.1 Å². The van der Waals surface area contributed by atoms with Gasteiger partial charge in [-0.1, -0.05) is 0 Å². The van der Waals surface area contributed by atoms with Gasteiger partial charge in [0.1, 0.15) is 0 Å². The predicted octanol–water partition coefficient (Wildman–Crippen LogP) is 1.03. The maximum Gasteiger partial charge on any atom is 0.387 e. The molecule has 7 heteroatoms. The number of hydrogen-bond acceptors (Lipinski definition) is 3. The Morgan fingerprint density at radius 3 is 2.60 bits per heavy atom. The van der Waals surface area contributed by atoms with Crippen LogP contribution in [-0.4, -0.2) is 12.5 Å². The summed E-state index contributed by atoms with van der Waals surface area (Å²) in [4.78, 5) is 10.9. The molecule has 1 amide bonds. The standard InChI is InChI=1S/C8H7F3N2O2/c9-5-3-4(7(14)13-12)1-2-6(5)15-8(10)11/h1-3,8H,12H2,(H,13,14). The van der Waals surface area contributed by atoms with E-state index in [9.17, 15) is 18.0 Å². The Morgan fingerprint density at radius 1 is 1.47 bits per heavy atom. The summed E-state index contributed by atoms with van der Waals surface area (Å²) in [6.45, 7) is -3.12. The van der Waals surface area contributed by atoms with E-state index in [1.165, 1.54) is 0 Å². The molecule has 0 radical (unpaired) electrons. The third-order valence-electron chi connectivity index (χ3n) is 1.54. The lowest BCUT2D eigenvalue weighted by molar-refractivity contribution is -0.0521. The normalized spacial score (nSPS) is 10.2. The molecule has 0 unspecified atom stereocenters. The minimum Gasteiger partial charge on any atom is -0.432 e. The molecular weight excluding hydrogens is 213 g/mol. The number of nitrogen functional groups attached to an aromatic ring is 1. The minimum atomic E-state index is -3.12. The summed E-state index contributed by atoms with van der Waals surface area (Å²) in [6, 6.07) is 2.79. The number of carbonyl (C=O) groups is 1. The first-order valence-electron chi connectivity index (χ1n) is 3.80. The molecule has 82 valence electrons. The highest BCUT2D eigenvalue weighted by Crippen LogP contribution is 2.20. The van der Waals surface area contributed by atoms with Crippen LogP contribution >= 0.6 is 0 Å². The summed E-state index contributed by atoms with van der Waals surface area (Å²) in [7, 11) is 0. The molecule has 0 aliphatic carbocycles. The molecule has 0 atom stereocenters. The van der Waals surface area contributed by atoms with Crippen molar-refractivity contribution in [3.63, 3.8) is 0 Å². The fourth-order valence-corrected chi connectivity index (χ4v) is 0.917. The van der Waals surface area contributed by atoms with E-state index >= 15 is 0 Å². The van der Waals surface area contributed by atoms with Crippen molar-refractivity contribution >= 4 is 5.91 Å². The number of ether oxygens (including phenoxy) is 1. The fraction of sp³-hybridized carbons (Fsp3) is 0.125. The number of hydrazine groups is 1. The largest absolute Gasteiger partial charge is 0.432 e. The molecule has 0 aliphatic rings. The summed E-state index contributed by atoms with van der Waals surface area (Å²) in [6.07, 6.45) is 0. The second-order valence-corrected chi connectivity index (χ2v) is 2.50. The zero-order chi connectivity index (χ0) is 11.4. The van der Waals surface area contributed by atoms with Crippen LogP contribution in [0.4, 0.5) is 13.2 Å². The Morgan fingerprint density at radius 2 is 2.13 bits per heavy atom. The number of halogens is 3. The van der Waals surface area contributed by atoms with Gasteiger partial charge in [0, 0.05) is 5.56 Å². The molecule has 0 heterocycles. The van der Waals surface area contributed by atoms with E-state index in [2.05, 4.69) is 4.74 Å². The summed E-state index contributed by atoms with van der Waals surface area (Å²) in [5.74, 6) is 2.39. The van der Waals surface area contributed by atoms with Crippen molar-refractivity contribution in [3.05, 3.63) is 29.6 Å². The third-order valence-corrected chi connectivity index (χ3v) is 1.54. The highest BCUT2D eigenvalue weighted by molar-refractivity contribution is 5.93. The van der Waals surface area contributed by atoms with Gasteiger partial charge in [-0.3, -0.25) is 10.2 Å². The van der Waals surface area contributed by atoms with Crippen LogP contribution in [0.15, 0.2) is 18.2 Å². The minimum absolute atomic E-state index is 0.0865. The van der Waals surface area contributed by atoms with Crippen molar-refractivity contribution in [1.82, 2.24) is 5.43 Å². The Labute approximate surface area is 82.8 Å². The van der Waals surface area contributed by atoms with E-state index in [4.69, 9.17) is 5.84 Å². The van der Waals surface area contributed by atoms with Gasteiger partial charge in [-0.05, 0) is 18.2 Å². The van der Waals surface area contributed by atoms with Crippen molar-refractivity contribution < 1.29 is 22.7 Å². The van der Waals surface area contributed by atoms with Gasteiger partial charge in [0.15, 0.2) is 11.6 Å². The van der Waals surface area contributed by atoms with E-state index in [1.807, 2.05) is 0 Å². The number of carbonyl (C=O) groups excluding carboxylic acids is 1. The number of nitrogens with two attached hydrogens (primary N) is 1. The first-order chi connectivity index (χ1) is 7.04. The number of alkyl halides is 2. The topological polar surface area (TPSA) is 64.3 Å². The summed E-state index contributed by atoms with van der Waals surface area (Å²) in [5.41, 5.74) is 1.69. The van der Waals surface area contributed by atoms with Crippen LogP contribution in [0, 0.1) is 5.82 Å². The maximum absolute atomic E-state index is 13.0. The molecule has 4 nitrogen and oxygen atoms in total. The molecule has 3 N–H and O–H groups in total. The summed E-state index contributed by atoms with van der Waals surface area (Å²) >= 11 is 0. The second-order valence-electron chi connectivity index (χ2n) is 2.50. The number of rotatable bonds is 3. The maximum atomic E-state index is 13.0. The Balaban J connectivity index is 2.93. The van der Waals surface area contributed by atoms with Gasteiger partial charge >= 0.3 is 6.61 Å². The second kappa shape index (κ2) is 4.65. The number of hydrogen-bond donors (Lipinski definition) is 2. The first kappa shape index (κ1) is 11.3. The van der Waals surface area contributed by atoms with Crippen LogP contribution in [0.5, 0.6) is 5.75 Å². The van der Waals surface area contributed by atoms with Gasteiger partial charge in [0.25, 0.3) is 5.91 Å². The van der Waals surface area contributed by atoms with Crippen LogP contribution in [0.3, 0.4) is 0 Å². The molecule has 0 spiro atoms. The van der Waals surface area contributed by atoms with Crippen LogP contribution in [-0.2, 0) is 0 Å². The first-order valence-corrected chi connectivity index (χ1v) is 3.80. The smallest absolute Gasteiger partial charge is 0.387 e. The molecule has 1 aromatic rings. The monoisotopic (exact) mass is 220 g/mol. The lowest BCUT2D eigenvalue weighted by atomic mass is 10.2. The van der Waals surface area contributed by atoms with Crippen LogP contribution in [0.2, 0.25) is 0 Å². The highest BCUT2D eigenvalue weighted by atomic mass is 19.3. The molecule has 0 saturated heterocycles. The van der Waals surface area contributed by atoms with Gasteiger partial charge < -0.3 is 4.74 Å². The van der Waals surface area contributed by atoms with E-state index in [0.717, 1.165) is 18.2 Å². The van der Waals surface area contributed by atoms with E-state index in [0.29, 0.717) is 0 Å². The van der Waals surface area contributed by atoms with Crippen molar-refractivity contribution in [2.45, 2.75) is 6.61 Å². The number of benzene rings is 1. The van der Waals surface area contributed by atoms with Crippen LogP contribution in [0.25, 0.3) is 0 Å². The van der Waals surface area contributed by atoms with Gasteiger partial charge in [0.2, 0.25) is 0 Å². The fourth-order valence-electron chi connectivity index (χ4n) is 0.917. The van der Waals surface area contributed by atoms with Crippen molar-refractivity contribution in [2.75, 3.05) is 0 Å². The van der Waals surface area contributed by atoms with Gasteiger partial charge in [-0.25, -0.2) is 10.2 Å². The molecular formula is C8H7F3N2O2. The average Bonchev–Trinajstić information content (AvgIpc) is 2.19. The summed E-state index contributed by atoms with van der Waals surface area (Å²) < 4.78 is 40.3. The van der Waals surface area contributed by atoms with E-state index in [1.54, 1.807) is 5.43 Å². The number of nitrogens with one attached hydrogen (secondary N) is 1. The third kappa shape index (κ3) is 2.84. The van der Waals surface area contributed by atoms with Crippen molar-refractivity contribution in [3.8, 4) is 5.75 Å². The molecule has 0 bridgehead atoms. The SMILES string of the molecule is NNC(=O)c1ccc(OC(F)F)c(F)c1. The molecule has 0 fully saturated rings. The van der Waals surface area contributed by atoms with E-state index in [-0.39, 0.29) is 5.56 Å². The molecule has 0 aromatic heterocycles. The highest BCUT2D eigenvalue weighted by Gasteiger charge is 2.12. The molecule has 0 saturated carbocycles. The van der Waals surface area contributed by atoms with Crippen molar-refractivity contribution in [2.24, 2.45) is 5.84 Å².